The van der Waals surface area contributed by atoms with Gasteiger partial charge in [0.2, 0.25) is 0 Å². The molecule has 1 aliphatic rings. The summed E-state index contributed by atoms with van der Waals surface area (Å²) in [4.78, 5) is 19.3. The van der Waals surface area contributed by atoms with E-state index in [1.807, 2.05) is 18.2 Å². The van der Waals surface area contributed by atoms with Crippen LogP contribution in [0.1, 0.15) is 35.2 Å². The first-order valence-corrected chi connectivity index (χ1v) is 12.8. The van der Waals surface area contributed by atoms with E-state index in [-0.39, 0.29) is 23.4 Å². The molecule has 1 aliphatic heterocycles. The fourth-order valence-corrected chi connectivity index (χ4v) is 4.80. The lowest BCUT2D eigenvalue weighted by Gasteiger charge is -2.14. The molecule has 2 aromatic carbocycles. The zero-order chi connectivity index (χ0) is 25.5. The number of nitrogens with zero attached hydrogens (tertiary/aromatic N) is 2. The van der Waals surface area contributed by atoms with Crippen molar-refractivity contribution in [2.75, 3.05) is 38.5 Å². The largest absolute Gasteiger partial charge is 0.489 e. The Kier molecular flexibility index (Phi) is 9.02. The molecule has 0 unspecified atom stereocenters. The van der Waals surface area contributed by atoms with E-state index in [0.29, 0.717) is 34.9 Å². The molecule has 0 radical (unpaired) electrons. The second-order valence-electron chi connectivity index (χ2n) is 8.77. The Hall–Kier alpha value is -2.87. The van der Waals surface area contributed by atoms with Gasteiger partial charge < -0.3 is 20.7 Å². The highest BCUT2D eigenvalue weighted by atomic mass is 35.5. The lowest BCUT2D eigenvalue weighted by molar-refractivity contribution is 0.0952. The Balaban J connectivity index is 1.37. The Morgan fingerprint density at radius 2 is 1.94 bits per heavy atom. The molecule has 0 spiro atoms. The minimum atomic E-state index is -0.533. The van der Waals surface area contributed by atoms with Crippen LogP contribution in [0.25, 0.3) is 11.1 Å². The maximum absolute atomic E-state index is 13.8. The summed E-state index contributed by atoms with van der Waals surface area (Å²) in [7, 11) is 0. The number of hydrogen-bond donors (Lipinski definition) is 2. The highest BCUT2D eigenvalue weighted by Gasteiger charge is 2.14. The molecule has 190 valence electrons. The topological polar surface area (TPSA) is 80.5 Å². The lowest BCUT2D eigenvalue weighted by Crippen LogP contribution is -2.28. The van der Waals surface area contributed by atoms with Crippen molar-refractivity contribution in [1.82, 2.24) is 15.2 Å². The number of hydrogen-bond acceptors (Lipinski definition) is 5. The third-order valence-corrected chi connectivity index (χ3v) is 6.99. The van der Waals surface area contributed by atoms with E-state index in [4.69, 9.17) is 33.7 Å². The molecule has 3 N–H and O–H groups in total. The zero-order valence-corrected chi connectivity index (χ0v) is 21.4. The van der Waals surface area contributed by atoms with Crippen LogP contribution in [0.5, 0.6) is 5.75 Å². The number of amides is 1. The third-order valence-electron chi connectivity index (χ3n) is 6.22. The Bertz CT molecular complexity index is 1220. The van der Waals surface area contributed by atoms with Crippen LogP contribution in [0.2, 0.25) is 10.0 Å². The van der Waals surface area contributed by atoms with Crippen LogP contribution < -0.4 is 15.8 Å². The van der Waals surface area contributed by atoms with E-state index in [9.17, 15) is 9.18 Å². The first-order valence-electron chi connectivity index (χ1n) is 12.0. The summed E-state index contributed by atoms with van der Waals surface area (Å²) in [6.45, 7) is 4.14. The predicted molar refractivity (Wildman–Crippen MR) is 142 cm³/mol. The number of nitrogens with one attached hydrogen (secondary N) is 1. The van der Waals surface area contributed by atoms with Gasteiger partial charge in [-0.3, -0.25) is 4.79 Å². The molecule has 0 aliphatic carbocycles. The van der Waals surface area contributed by atoms with Gasteiger partial charge in [-0.05, 0) is 80.4 Å². The van der Waals surface area contributed by atoms with Crippen molar-refractivity contribution >= 4 is 34.9 Å². The van der Waals surface area contributed by atoms with Crippen molar-refractivity contribution in [2.45, 2.75) is 25.7 Å². The van der Waals surface area contributed by atoms with Gasteiger partial charge in [-0.1, -0.05) is 35.3 Å². The third kappa shape index (κ3) is 6.66. The minimum absolute atomic E-state index is 0.0166. The first kappa shape index (κ1) is 26.2. The number of aromatic nitrogens is 1. The smallest absolute Gasteiger partial charge is 0.251 e. The summed E-state index contributed by atoms with van der Waals surface area (Å²) in [5.41, 5.74) is 8.62. The zero-order valence-electron chi connectivity index (χ0n) is 19.9. The van der Waals surface area contributed by atoms with E-state index in [1.54, 1.807) is 18.3 Å². The van der Waals surface area contributed by atoms with Gasteiger partial charge in [0.15, 0.2) is 11.6 Å². The summed E-state index contributed by atoms with van der Waals surface area (Å²) in [6, 6.07) is 11.8. The number of nitrogens with two attached hydrogens (primary N) is 1. The summed E-state index contributed by atoms with van der Waals surface area (Å²) in [6.07, 6.45) is 5.39. The van der Waals surface area contributed by atoms with Crippen LogP contribution in [0.3, 0.4) is 0 Å². The molecular weight excluding hydrogens is 502 g/mol. The number of anilines is 1. The number of rotatable bonds is 10. The number of pyridine rings is 1. The summed E-state index contributed by atoms with van der Waals surface area (Å²) in [5.74, 6) is -0.0354. The number of carbonyl (C=O) groups excluding carboxylic acids is 1. The molecule has 9 heteroatoms. The van der Waals surface area contributed by atoms with Crippen LogP contribution >= 0.6 is 23.2 Å². The van der Waals surface area contributed by atoms with Crippen molar-refractivity contribution in [3.05, 3.63) is 75.7 Å². The van der Waals surface area contributed by atoms with Crippen LogP contribution in [-0.4, -0.2) is 48.6 Å². The molecule has 0 bridgehead atoms. The van der Waals surface area contributed by atoms with E-state index >= 15 is 0 Å². The number of likely N-dealkylation sites (tertiary alicyclic amines) is 1. The average Bonchev–Trinajstić information content (AvgIpc) is 3.41. The van der Waals surface area contributed by atoms with Gasteiger partial charge in [0.1, 0.15) is 5.82 Å². The van der Waals surface area contributed by atoms with Gasteiger partial charge in [-0.25, -0.2) is 9.37 Å². The Labute approximate surface area is 220 Å². The molecular formula is C27H29Cl2FN4O2. The maximum atomic E-state index is 13.8. The number of nitrogen functional groups attached to an aromatic ring is 1. The van der Waals surface area contributed by atoms with Crippen molar-refractivity contribution in [3.63, 3.8) is 0 Å². The van der Waals surface area contributed by atoms with Gasteiger partial charge in [0.25, 0.3) is 5.91 Å². The number of halogens is 3. The molecule has 1 amide bonds. The second kappa shape index (κ2) is 12.4. The molecule has 2 heterocycles. The van der Waals surface area contributed by atoms with Crippen LogP contribution in [-0.2, 0) is 6.42 Å². The SMILES string of the molecule is Nc1ncc(-c2cccc(C(=O)NCCCN3CCCC3)c2)cc1OCCc1c(Cl)ccc(F)c1Cl. The quantitative estimate of drug-likeness (QED) is 0.263. The molecule has 36 heavy (non-hydrogen) atoms. The molecule has 3 aromatic rings. The van der Waals surface area contributed by atoms with Crippen molar-refractivity contribution in [1.29, 1.82) is 0 Å². The maximum Gasteiger partial charge on any atom is 0.251 e. The predicted octanol–water partition coefficient (Wildman–Crippen LogP) is 5.61. The average molecular weight is 531 g/mol. The van der Waals surface area contributed by atoms with Crippen LogP contribution in [0.4, 0.5) is 10.2 Å². The van der Waals surface area contributed by atoms with Gasteiger partial charge >= 0.3 is 0 Å². The molecule has 1 saturated heterocycles. The van der Waals surface area contributed by atoms with Gasteiger partial charge in [-0.2, -0.15) is 0 Å². The fraction of sp³-hybridized carbons (Fsp3) is 0.333. The highest BCUT2D eigenvalue weighted by molar-refractivity contribution is 6.36. The van der Waals surface area contributed by atoms with E-state index in [2.05, 4.69) is 15.2 Å². The Morgan fingerprint density at radius 3 is 2.75 bits per heavy atom. The van der Waals surface area contributed by atoms with Crippen LogP contribution in [0, 0.1) is 5.82 Å². The molecule has 1 fully saturated rings. The van der Waals surface area contributed by atoms with Crippen molar-refractivity contribution < 1.29 is 13.9 Å². The van der Waals surface area contributed by atoms with E-state index in [0.717, 1.165) is 37.2 Å². The fourth-order valence-electron chi connectivity index (χ4n) is 4.24. The second-order valence-corrected chi connectivity index (χ2v) is 9.55. The molecule has 1 aromatic heterocycles. The highest BCUT2D eigenvalue weighted by Crippen LogP contribution is 2.30. The molecule has 0 saturated carbocycles. The van der Waals surface area contributed by atoms with E-state index < -0.39 is 5.82 Å². The standard InChI is InChI=1S/C27H29Cl2FN4O2/c28-22-7-8-23(30)25(29)21(22)9-14-36-24-16-20(17-33-26(24)31)18-5-3-6-19(15-18)27(35)32-10-4-13-34-11-1-2-12-34/h3,5-8,15-17H,1-2,4,9-14H2,(H2,31,33)(H,32,35). The molecule has 6 nitrogen and oxygen atoms in total. The van der Waals surface area contributed by atoms with Gasteiger partial charge in [0, 0.05) is 35.3 Å². The van der Waals surface area contributed by atoms with E-state index in [1.165, 1.54) is 25.0 Å². The molecule has 4 rings (SSSR count). The van der Waals surface area contributed by atoms with Crippen molar-refractivity contribution in [3.8, 4) is 16.9 Å². The Morgan fingerprint density at radius 1 is 1.14 bits per heavy atom. The molecule has 0 atom stereocenters. The number of ether oxygens (including phenoxy) is 1. The summed E-state index contributed by atoms with van der Waals surface area (Å²) >= 11 is 12.2. The first-order chi connectivity index (χ1) is 17.4. The minimum Gasteiger partial charge on any atom is -0.489 e. The lowest BCUT2D eigenvalue weighted by atomic mass is 10.0. The normalized spacial score (nSPS) is 13.6. The summed E-state index contributed by atoms with van der Waals surface area (Å²) < 4.78 is 19.6. The van der Waals surface area contributed by atoms with Crippen LogP contribution in [0.15, 0.2) is 48.7 Å². The van der Waals surface area contributed by atoms with Gasteiger partial charge in [-0.15, -0.1) is 0 Å². The monoisotopic (exact) mass is 530 g/mol. The number of carbonyl (C=O) groups is 1. The van der Waals surface area contributed by atoms with Crippen molar-refractivity contribution in [2.24, 2.45) is 0 Å². The summed E-state index contributed by atoms with van der Waals surface area (Å²) in [5, 5.41) is 3.36. The number of benzene rings is 2. The van der Waals surface area contributed by atoms with Gasteiger partial charge in [0.05, 0.1) is 11.6 Å².